The average molecular weight is 292 g/mol. The van der Waals surface area contributed by atoms with Gasteiger partial charge in [0, 0.05) is 28.1 Å². The third-order valence-electron chi connectivity index (χ3n) is 3.85. The van der Waals surface area contributed by atoms with E-state index in [2.05, 4.69) is 60.8 Å². The van der Waals surface area contributed by atoms with Crippen molar-refractivity contribution in [2.45, 2.75) is 18.4 Å². The Morgan fingerprint density at radius 3 is 2.86 bits per heavy atom. The summed E-state index contributed by atoms with van der Waals surface area (Å²) in [4.78, 5) is 4.81. The van der Waals surface area contributed by atoms with Crippen molar-refractivity contribution in [3.8, 4) is 0 Å². The maximum atomic E-state index is 4.81. The van der Waals surface area contributed by atoms with Crippen molar-refractivity contribution in [1.29, 1.82) is 0 Å². The third kappa shape index (κ3) is 2.28. The lowest BCUT2D eigenvalue weighted by Crippen LogP contribution is -2.00. The van der Waals surface area contributed by atoms with Crippen LogP contribution in [-0.2, 0) is 11.5 Å². The summed E-state index contributed by atoms with van der Waals surface area (Å²) in [6.07, 6.45) is 0. The monoisotopic (exact) mass is 292 g/mol. The molecule has 2 nitrogen and oxygen atoms in total. The fraction of sp³-hybridized carbons (Fsp3) is 0.167. The minimum atomic E-state index is 1.02. The van der Waals surface area contributed by atoms with E-state index in [1.165, 1.54) is 27.9 Å². The molecule has 3 aromatic rings. The number of rotatable bonds is 2. The van der Waals surface area contributed by atoms with Crippen LogP contribution in [0.5, 0.6) is 0 Å². The first-order chi connectivity index (χ1) is 10.3. The summed E-state index contributed by atoms with van der Waals surface area (Å²) >= 11 is 1.94. The van der Waals surface area contributed by atoms with Crippen LogP contribution in [0.15, 0.2) is 48.5 Å². The van der Waals surface area contributed by atoms with Gasteiger partial charge in [0.1, 0.15) is 0 Å². The standard InChI is InChI=1S/C18H16N2S/c1-12-5-4-6-13(9-12)19-18-14-7-2-3-8-16(14)20-17-11-21-10-15(17)18/h2-9H,10-11H2,1H3,(H,19,20). The number of hydrogen-bond acceptors (Lipinski definition) is 3. The second-order valence-electron chi connectivity index (χ2n) is 5.42. The van der Waals surface area contributed by atoms with Gasteiger partial charge in [0.25, 0.3) is 0 Å². The molecule has 1 aromatic heterocycles. The Labute approximate surface area is 128 Å². The first-order valence-electron chi connectivity index (χ1n) is 7.13. The summed E-state index contributed by atoms with van der Waals surface area (Å²) in [5.74, 6) is 2.06. The molecule has 0 atom stereocenters. The quantitative estimate of drug-likeness (QED) is 0.716. The van der Waals surface area contributed by atoms with Crippen LogP contribution in [0.25, 0.3) is 10.9 Å². The van der Waals surface area contributed by atoms with Crippen LogP contribution in [0.3, 0.4) is 0 Å². The molecule has 0 fully saturated rings. The van der Waals surface area contributed by atoms with E-state index in [9.17, 15) is 0 Å². The number of para-hydroxylation sites is 1. The summed E-state index contributed by atoms with van der Waals surface area (Å²) in [6.45, 7) is 2.12. The van der Waals surface area contributed by atoms with Crippen molar-refractivity contribution >= 4 is 34.0 Å². The van der Waals surface area contributed by atoms with Crippen LogP contribution < -0.4 is 5.32 Å². The number of nitrogens with zero attached hydrogens (tertiary/aromatic N) is 1. The van der Waals surface area contributed by atoms with Crippen molar-refractivity contribution < 1.29 is 0 Å². The molecule has 0 saturated carbocycles. The van der Waals surface area contributed by atoms with E-state index < -0.39 is 0 Å². The molecular formula is C18H16N2S. The molecular weight excluding hydrogens is 276 g/mol. The second-order valence-corrected chi connectivity index (χ2v) is 6.40. The largest absolute Gasteiger partial charge is 0.355 e. The van der Waals surface area contributed by atoms with E-state index in [4.69, 9.17) is 4.98 Å². The van der Waals surface area contributed by atoms with Crippen LogP contribution >= 0.6 is 11.8 Å². The highest BCUT2D eigenvalue weighted by atomic mass is 32.2. The van der Waals surface area contributed by atoms with Crippen LogP contribution in [-0.4, -0.2) is 4.98 Å². The number of nitrogens with one attached hydrogen (secondary N) is 1. The van der Waals surface area contributed by atoms with Crippen LogP contribution in [0, 0.1) is 6.92 Å². The molecule has 21 heavy (non-hydrogen) atoms. The Balaban J connectivity index is 1.90. The Morgan fingerprint density at radius 2 is 1.95 bits per heavy atom. The van der Waals surface area contributed by atoms with E-state index in [0.29, 0.717) is 0 Å². The van der Waals surface area contributed by atoms with E-state index in [0.717, 1.165) is 22.7 Å². The molecule has 4 rings (SSSR count). The van der Waals surface area contributed by atoms with Gasteiger partial charge < -0.3 is 5.32 Å². The van der Waals surface area contributed by atoms with Crippen LogP contribution in [0.2, 0.25) is 0 Å². The fourth-order valence-electron chi connectivity index (χ4n) is 2.84. The zero-order valence-corrected chi connectivity index (χ0v) is 12.7. The minimum Gasteiger partial charge on any atom is -0.355 e. The number of aromatic nitrogens is 1. The number of benzene rings is 2. The zero-order chi connectivity index (χ0) is 14.2. The Kier molecular flexibility index (Phi) is 3.08. The second kappa shape index (κ2) is 5.08. The molecule has 0 amide bonds. The van der Waals surface area contributed by atoms with E-state index in [1.807, 2.05) is 11.8 Å². The molecule has 0 saturated heterocycles. The predicted molar refractivity (Wildman–Crippen MR) is 91.2 cm³/mol. The Hall–Kier alpha value is -2.00. The average Bonchev–Trinajstić information content (AvgIpc) is 2.95. The van der Waals surface area contributed by atoms with Crippen molar-refractivity contribution in [2.24, 2.45) is 0 Å². The molecule has 0 radical (unpaired) electrons. The predicted octanol–water partition coefficient (Wildman–Crippen LogP) is 5.03. The van der Waals surface area contributed by atoms with Crippen molar-refractivity contribution in [3.63, 3.8) is 0 Å². The first-order valence-corrected chi connectivity index (χ1v) is 8.29. The van der Waals surface area contributed by atoms with Crippen molar-refractivity contribution in [2.75, 3.05) is 5.32 Å². The van der Waals surface area contributed by atoms with Gasteiger partial charge in [-0.3, -0.25) is 4.98 Å². The summed E-state index contributed by atoms with van der Waals surface area (Å²) in [5, 5.41) is 4.84. The van der Waals surface area contributed by atoms with Crippen LogP contribution in [0.1, 0.15) is 16.8 Å². The maximum Gasteiger partial charge on any atom is 0.0726 e. The van der Waals surface area contributed by atoms with Gasteiger partial charge in [-0.15, -0.1) is 0 Å². The number of aryl methyl sites for hydroxylation is 1. The smallest absolute Gasteiger partial charge is 0.0726 e. The van der Waals surface area contributed by atoms with Gasteiger partial charge >= 0.3 is 0 Å². The lowest BCUT2D eigenvalue weighted by atomic mass is 10.1. The molecule has 104 valence electrons. The number of thioether (sulfide) groups is 1. The number of fused-ring (bicyclic) bond motifs is 2. The zero-order valence-electron chi connectivity index (χ0n) is 11.9. The number of anilines is 2. The van der Waals surface area contributed by atoms with E-state index >= 15 is 0 Å². The topological polar surface area (TPSA) is 24.9 Å². The Morgan fingerprint density at radius 1 is 1.05 bits per heavy atom. The maximum absolute atomic E-state index is 4.81. The van der Waals surface area contributed by atoms with Crippen molar-refractivity contribution in [3.05, 3.63) is 65.4 Å². The number of pyridine rings is 1. The third-order valence-corrected chi connectivity index (χ3v) is 4.82. The summed E-state index contributed by atoms with van der Waals surface area (Å²) < 4.78 is 0. The molecule has 1 aliphatic rings. The van der Waals surface area contributed by atoms with E-state index in [-0.39, 0.29) is 0 Å². The summed E-state index contributed by atoms with van der Waals surface area (Å²) in [7, 11) is 0. The summed E-state index contributed by atoms with van der Waals surface area (Å²) in [6, 6.07) is 16.9. The molecule has 0 aliphatic carbocycles. The molecule has 2 aromatic carbocycles. The van der Waals surface area contributed by atoms with Gasteiger partial charge in [0.2, 0.25) is 0 Å². The SMILES string of the molecule is Cc1cccc(Nc2c3c(nc4ccccc24)CSC3)c1. The van der Waals surface area contributed by atoms with Crippen molar-refractivity contribution in [1.82, 2.24) is 4.98 Å². The molecule has 1 N–H and O–H groups in total. The highest BCUT2D eigenvalue weighted by molar-refractivity contribution is 7.98. The molecule has 2 heterocycles. The van der Waals surface area contributed by atoms with Gasteiger partial charge in [-0.2, -0.15) is 11.8 Å². The Bertz CT molecular complexity index is 827. The fourth-order valence-corrected chi connectivity index (χ4v) is 3.89. The minimum absolute atomic E-state index is 1.02. The van der Waals surface area contributed by atoms with Gasteiger partial charge in [-0.05, 0) is 30.7 Å². The summed E-state index contributed by atoms with van der Waals surface area (Å²) in [5.41, 5.74) is 7.31. The van der Waals surface area contributed by atoms with Gasteiger partial charge in [0.05, 0.1) is 16.9 Å². The molecule has 0 unspecified atom stereocenters. The first kappa shape index (κ1) is 12.7. The molecule has 3 heteroatoms. The van der Waals surface area contributed by atoms with E-state index in [1.54, 1.807) is 0 Å². The lowest BCUT2D eigenvalue weighted by Gasteiger charge is -2.14. The molecule has 1 aliphatic heterocycles. The highest BCUT2D eigenvalue weighted by Gasteiger charge is 2.19. The number of hydrogen-bond donors (Lipinski definition) is 1. The van der Waals surface area contributed by atoms with Crippen LogP contribution in [0.4, 0.5) is 11.4 Å². The van der Waals surface area contributed by atoms with Gasteiger partial charge in [0.15, 0.2) is 0 Å². The lowest BCUT2D eigenvalue weighted by molar-refractivity contribution is 1.20. The molecule has 0 bridgehead atoms. The van der Waals surface area contributed by atoms with Gasteiger partial charge in [-0.25, -0.2) is 0 Å². The normalized spacial score (nSPS) is 13.4. The van der Waals surface area contributed by atoms with Gasteiger partial charge in [-0.1, -0.05) is 30.3 Å². The highest BCUT2D eigenvalue weighted by Crippen LogP contribution is 2.39. The molecule has 0 spiro atoms.